The lowest BCUT2D eigenvalue weighted by molar-refractivity contribution is -0.108. The van der Waals surface area contributed by atoms with Crippen LogP contribution in [0.3, 0.4) is 0 Å². The van der Waals surface area contributed by atoms with Crippen LogP contribution >= 0.6 is 35.0 Å². The van der Waals surface area contributed by atoms with Gasteiger partial charge in [-0.1, -0.05) is 41.0 Å². The zero-order chi connectivity index (χ0) is 19.4. The molecule has 27 heavy (non-hydrogen) atoms. The van der Waals surface area contributed by atoms with Gasteiger partial charge in [-0.2, -0.15) is 0 Å². The lowest BCUT2D eigenvalue weighted by atomic mass is 9.93. The van der Waals surface area contributed by atoms with Crippen LogP contribution in [-0.4, -0.2) is 22.5 Å². The van der Waals surface area contributed by atoms with Crippen molar-refractivity contribution in [3.8, 4) is 0 Å². The molecule has 2 aromatic carbocycles. The molecule has 3 rings (SSSR count). The van der Waals surface area contributed by atoms with Gasteiger partial charge in [0.15, 0.2) is 5.16 Å². The van der Waals surface area contributed by atoms with E-state index in [2.05, 4.69) is 15.3 Å². The molecular formula is C19H14Cl2FN3OS. The molecule has 0 saturated heterocycles. The summed E-state index contributed by atoms with van der Waals surface area (Å²) >= 11 is 13.9. The Kier molecular flexibility index (Phi) is 6.31. The first-order valence-corrected chi connectivity index (χ1v) is 9.84. The summed E-state index contributed by atoms with van der Waals surface area (Å²) in [5, 5.41) is 4.40. The first-order valence-electron chi connectivity index (χ1n) is 7.86. The highest BCUT2D eigenvalue weighted by Gasteiger charge is 2.24. The first kappa shape index (κ1) is 19.6. The van der Waals surface area contributed by atoms with E-state index in [0.29, 0.717) is 37.8 Å². The Morgan fingerprint density at radius 1 is 1.15 bits per heavy atom. The van der Waals surface area contributed by atoms with E-state index in [4.69, 9.17) is 23.2 Å². The van der Waals surface area contributed by atoms with Crippen LogP contribution < -0.4 is 5.32 Å². The number of hydrogen-bond acceptors (Lipinski definition) is 5. The molecule has 0 bridgehead atoms. The standard InChI is InChI=1S/C19H14Cl2FN3OS/c1-27-19-23-9-13(14(10-26)17-15(20)3-2-4-16(17)21)18(25-19)24-12-7-5-11(22)6-8-12/h2-10,14H,1H3,(H,23,24,25). The fourth-order valence-corrected chi connectivity index (χ4v) is 3.55. The molecule has 1 heterocycles. The van der Waals surface area contributed by atoms with Crippen LogP contribution in [0.5, 0.6) is 0 Å². The van der Waals surface area contributed by atoms with E-state index >= 15 is 0 Å². The number of halogens is 3. The van der Waals surface area contributed by atoms with Crippen molar-refractivity contribution >= 4 is 52.8 Å². The summed E-state index contributed by atoms with van der Waals surface area (Å²) in [6, 6.07) is 10.9. The number of benzene rings is 2. The van der Waals surface area contributed by atoms with Crippen LogP contribution in [0.2, 0.25) is 10.0 Å². The molecule has 0 saturated carbocycles. The van der Waals surface area contributed by atoms with Crippen molar-refractivity contribution in [3.05, 3.63) is 75.7 Å². The SMILES string of the molecule is CSc1ncc(C(C=O)c2c(Cl)cccc2Cl)c(Nc2ccc(F)cc2)n1. The van der Waals surface area contributed by atoms with Gasteiger partial charge in [-0.05, 0) is 42.7 Å². The number of aldehydes is 1. The highest BCUT2D eigenvalue weighted by Crippen LogP contribution is 2.37. The van der Waals surface area contributed by atoms with E-state index in [1.54, 1.807) is 36.5 Å². The van der Waals surface area contributed by atoms with Gasteiger partial charge in [0.05, 0.1) is 5.92 Å². The highest BCUT2D eigenvalue weighted by atomic mass is 35.5. The second-order valence-corrected chi connectivity index (χ2v) is 7.13. The van der Waals surface area contributed by atoms with Gasteiger partial charge in [0.1, 0.15) is 17.9 Å². The number of carbonyl (C=O) groups excluding carboxylic acids is 1. The number of hydrogen-bond donors (Lipinski definition) is 1. The van der Waals surface area contributed by atoms with Crippen molar-refractivity contribution in [2.24, 2.45) is 0 Å². The Morgan fingerprint density at radius 2 is 1.81 bits per heavy atom. The topological polar surface area (TPSA) is 54.9 Å². The van der Waals surface area contributed by atoms with Gasteiger partial charge < -0.3 is 10.1 Å². The molecule has 0 spiro atoms. The third kappa shape index (κ3) is 4.40. The molecule has 0 aliphatic carbocycles. The van der Waals surface area contributed by atoms with Gasteiger partial charge in [-0.25, -0.2) is 14.4 Å². The number of nitrogens with zero attached hydrogens (tertiary/aromatic N) is 2. The number of thioether (sulfide) groups is 1. The van der Waals surface area contributed by atoms with Gasteiger partial charge in [-0.3, -0.25) is 0 Å². The molecule has 4 nitrogen and oxygen atoms in total. The van der Waals surface area contributed by atoms with E-state index < -0.39 is 5.92 Å². The molecule has 0 aliphatic rings. The minimum Gasteiger partial charge on any atom is -0.340 e. The van der Waals surface area contributed by atoms with E-state index in [-0.39, 0.29) is 5.82 Å². The zero-order valence-corrected chi connectivity index (χ0v) is 16.4. The van der Waals surface area contributed by atoms with Crippen molar-refractivity contribution in [1.82, 2.24) is 9.97 Å². The molecule has 0 fully saturated rings. The second-order valence-electron chi connectivity index (χ2n) is 5.54. The summed E-state index contributed by atoms with van der Waals surface area (Å²) in [4.78, 5) is 20.7. The summed E-state index contributed by atoms with van der Waals surface area (Å²) < 4.78 is 13.2. The third-order valence-electron chi connectivity index (χ3n) is 3.87. The minimum absolute atomic E-state index is 0.345. The van der Waals surface area contributed by atoms with Crippen molar-refractivity contribution in [1.29, 1.82) is 0 Å². The molecular weight excluding hydrogens is 408 g/mol. The molecule has 0 amide bonds. The number of carbonyl (C=O) groups is 1. The minimum atomic E-state index is -0.759. The molecule has 138 valence electrons. The Hall–Kier alpha value is -2.15. The first-order chi connectivity index (χ1) is 13.0. The third-order valence-corrected chi connectivity index (χ3v) is 5.09. The van der Waals surface area contributed by atoms with Crippen molar-refractivity contribution in [2.45, 2.75) is 11.1 Å². The zero-order valence-electron chi connectivity index (χ0n) is 14.1. The molecule has 0 aliphatic heterocycles. The Morgan fingerprint density at radius 3 is 2.41 bits per heavy atom. The van der Waals surface area contributed by atoms with Crippen LogP contribution in [0, 0.1) is 5.82 Å². The summed E-state index contributed by atoms with van der Waals surface area (Å²) in [5.74, 6) is -0.680. The molecule has 1 unspecified atom stereocenters. The van der Waals surface area contributed by atoms with Gasteiger partial charge in [0.2, 0.25) is 0 Å². The maximum Gasteiger partial charge on any atom is 0.189 e. The average Bonchev–Trinajstić information content (AvgIpc) is 2.67. The van der Waals surface area contributed by atoms with Crippen LogP contribution in [0.25, 0.3) is 0 Å². The van der Waals surface area contributed by atoms with E-state index in [9.17, 15) is 9.18 Å². The van der Waals surface area contributed by atoms with Crippen molar-refractivity contribution in [3.63, 3.8) is 0 Å². The van der Waals surface area contributed by atoms with E-state index in [0.717, 1.165) is 6.29 Å². The lowest BCUT2D eigenvalue weighted by Crippen LogP contribution is -2.10. The smallest absolute Gasteiger partial charge is 0.189 e. The van der Waals surface area contributed by atoms with Crippen LogP contribution in [0.1, 0.15) is 17.0 Å². The van der Waals surface area contributed by atoms with Gasteiger partial charge >= 0.3 is 0 Å². The highest BCUT2D eigenvalue weighted by molar-refractivity contribution is 7.98. The van der Waals surface area contributed by atoms with Gasteiger partial charge in [0.25, 0.3) is 0 Å². The van der Waals surface area contributed by atoms with Gasteiger partial charge in [-0.15, -0.1) is 0 Å². The molecule has 1 N–H and O–H groups in total. The number of nitrogens with one attached hydrogen (secondary N) is 1. The number of aromatic nitrogens is 2. The predicted molar refractivity (Wildman–Crippen MR) is 108 cm³/mol. The molecule has 3 aromatic rings. The van der Waals surface area contributed by atoms with Crippen LogP contribution in [0.15, 0.2) is 53.8 Å². The molecule has 8 heteroatoms. The fourth-order valence-electron chi connectivity index (χ4n) is 2.58. The average molecular weight is 422 g/mol. The van der Waals surface area contributed by atoms with Crippen LogP contribution in [0.4, 0.5) is 15.9 Å². The Balaban J connectivity index is 2.10. The number of anilines is 2. The fraction of sp³-hybridized carbons (Fsp3) is 0.105. The van der Waals surface area contributed by atoms with Crippen LogP contribution in [-0.2, 0) is 4.79 Å². The number of rotatable bonds is 6. The van der Waals surface area contributed by atoms with E-state index in [1.807, 2.05) is 6.26 Å². The summed E-state index contributed by atoms with van der Waals surface area (Å²) in [5.41, 5.74) is 1.62. The Labute approximate surface area is 170 Å². The summed E-state index contributed by atoms with van der Waals surface area (Å²) in [6.07, 6.45) is 4.17. The maximum absolute atomic E-state index is 13.2. The molecule has 0 radical (unpaired) electrons. The molecule has 1 atom stereocenters. The predicted octanol–water partition coefficient (Wildman–Crippen LogP) is 5.72. The van der Waals surface area contributed by atoms with E-state index in [1.165, 1.54) is 23.9 Å². The Bertz CT molecular complexity index is 949. The normalized spacial score (nSPS) is 11.9. The lowest BCUT2D eigenvalue weighted by Gasteiger charge is -2.18. The van der Waals surface area contributed by atoms with Crippen molar-refractivity contribution in [2.75, 3.05) is 11.6 Å². The van der Waals surface area contributed by atoms with Gasteiger partial charge in [0, 0.05) is 33.1 Å². The molecule has 1 aromatic heterocycles. The maximum atomic E-state index is 13.2. The largest absolute Gasteiger partial charge is 0.340 e. The summed E-state index contributed by atoms with van der Waals surface area (Å²) in [7, 11) is 0. The summed E-state index contributed by atoms with van der Waals surface area (Å²) in [6.45, 7) is 0. The van der Waals surface area contributed by atoms with Crippen molar-refractivity contribution < 1.29 is 9.18 Å². The quantitative estimate of drug-likeness (QED) is 0.313. The monoisotopic (exact) mass is 421 g/mol. The second kappa shape index (κ2) is 8.69.